The van der Waals surface area contributed by atoms with Gasteiger partial charge in [-0.25, -0.2) is 13.1 Å². The van der Waals surface area contributed by atoms with E-state index in [2.05, 4.69) is 4.72 Å². The van der Waals surface area contributed by atoms with Crippen molar-refractivity contribution in [2.75, 3.05) is 12.4 Å². The molecule has 1 N–H and O–H groups in total. The van der Waals surface area contributed by atoms with Gasteiger partial charge >= 0.3 is 0 Å². The monoisotopic (exact) mass is 343 g/mol. The van der Waals surface area contributed by atoms with Gasteiger partial charge in [-0.3, -0.25) is 0 Å². The van der Waals surface area contributed by atoms with Crippen LogP contribution in [0.1, 0.15) is 19.8 Å². The summed E-state index contributed by atoms with van der Waals surface area (Å²) < 4.78 is 26.5. The molecule has 0 saturated heterocycles. The Balaban J connectivity index is 2.61. The summed E-state index contributed by atoms with van der Waals surface area (Å²) in [5, 5.41) is 0.590. The predicted octanol–water partition coefficient (Wildman–Crippen LogP) is 3.93. The second-order valence-electron chi connectivity index (χ2n) is 4.40. The van der Waals surface area contributed by atoms with Crippen LogP contribution in [0.4, 0.5) is 0 Å². The van der Waals surface area contributed by atoms with Gasteiger partial charge in [-0.1, -0.05) is 30.1 Å². The van der Waals surface area contributed by atoms with E-state index in [-0.39, 0.29) is 4.90 Å². The van der Waals surface area contributed by atoms with Crippen molar-refractivity contribution in [2.24, 2.45) is 5.92 Å². The summed E-state index contributed by atoms with van der Waals surface area (Å²) >= 11 is 17.3. The lowest BCUT2D eigenvalue weighted by Gasteiger charge is -2.09. The average molecular weight is 345 g/mol. The molecule has 3 nitrogen and oxygen atoms in total. The first kappa shape index (κ1) is 17.1. The Morgan fingerprint density at radius 2 is 1.79 bits per heavy atom. The van der Waals surface area contributed by atoms with Crippen molar-refractivity contribution in [2.45, 2.75) is 24.7 Å². The van der Waals surface area contributed by atoms with E-state index in [1.165, 1.54) is 18.2 Å². The molecule has 1 rings (SSSR count). The van der Waals surface area contributed by atoms with Gasteiger partial charge in [0.2, 0.25) is 10.0 Å². The number of hydrogen-bond donors (Lipinski definition) is 1. The fourth-order valence-electron chi connectivity index (χ4n) is 1.50. The molecule has 19 heavy (non-hydrogen) atoms. The molecule has 0 saturated carbocycles. The Kier molecular flexibility index (Phi) is 6.91. The lowest BCUT2D eigenvalue weighted by Crippen LogP contribution is -2.25. The number of halogens is 3. The predicted molar refractivity (Wildman–Crippen MR) is 80.8 cm³/mol. The van der Waals surface area contributed by atoms with Crippen molar-refractivity contribution in [1.29, 1.82) is 0 Å². The number of alkyl halides is 1. The average Bonchev–Trinajstić information content (AvgIpc) is 2.33. The maximum Gasteiger partial charge on any atom is 0.240 e. The third kappa shape index (κ3) is 5.88. The molecule has 0 aliphatic heterocycles. The Morgan fingerprint density at radius 3 is 2.32 bits per heavy atom. The first-order chi connectivity index (χ1) is 8.85. The molecule has 7 heteroatoms. The molecule has 1 atom stereocenters. The zero-order chi connectivity index (χ0) is 14.5. The van der Waals surface area contributed by atoms with Crippen LogP contribution in [-0.4, -0.2) is 20.8 Å². The van der Waals surface area contributed by atoms with Crippen LogP contribution in [0.25, 0.3) is 0 Å². The van der Waals surface area contributed by atoms with E-state index in [4.69, 9.17) is 34.8 Å². The highest BCUT2D eigenvalue weighted by Gasteiger charge is 2.15. The minimum Gasteiger partial charge on any atom is -0.211 e. The van der Waals surface area contributed by atoms with Gasteiger partial charge in [-0.05, 0) is 37.0 Å². The maximum atomic E-state index is 12.0. The van der Waals surface area contributed by atoms with Crippen LogP contribution in [0.3, 0.4) is 0 Å². The summed E-state index contributed by atoms with van der Waals surface area (Å²) in [5.74, 6) is 0.961. The van der Waals surface area contributed by atoms with E-state index in [9.17, 15) is 8.42 Å². The minimum atomic E-state index is -3.56. The summed E-state index contributed by atoms with van der Waals surface area (Å²) in [6, 6.07) is 4.23. The number of benzene rings is 1. The molecule has 0 bridgehead atoms. The van der Waals surface area contributed by atoms with Crippen molar-refractivity contribution >= 4 is 44.8 Å². The SMILES string of the molecule is CC(CCl)CCCNS(=O)(=O)c1cc(Cl)cc(Cl)c1. The highest BCUT2D eigenvalue weighted by atomic mass is 35.5. The summed E-state index contributed by atoms with van der Waals surface area (Å²) in [6.45, 7) is 2.39. The van der Waals surface area contributed by atoms with E-state index >= 15 is 0 Å². The molecule has 0 aliphatic carbocycles. The largest absolute Gasteiger partial charge is 0.240 e. The summed E-state index contributed by atoms with van der Waals surface area (Å²) in [4.78, 5) is 0.0791. The van der Waals surface area contributed by atoms with Gasteiger partial charge in [0.1, 0.15) is 0 Å². The maximum absolute atomic E-state index is 12.0. The van der Waals surface area contributed by atoms with E-state index in [1.807, 2.05) is 6.92 Å². The molecule has 108 valence electrons. The van der Waals surface area contributed by atoms with Crippen LogP contribution in [-0.2, 0) is 10.0 Å². The van der Waals surface area contributed by atoms with Crippen molar-refractivity contribution in [3.05, 3.63) is 28.2 Å². The topological polar surface area (TPSA) is 46.2 Å². The van der Waals surface area contributed by atoms with E-state index in [0.717, 1.165) is 12.8 Å². The smallest absolute Gasteiger partial charge is 0.211 e. The van der Waals surface area contributed by atoms with Crippen LogP contribution < -0.4 is 4.72 Å². The summed E-state index contributed by atoms with van der Waals surface area (Å²) in [7, 11) is -3.56. The zero-order valence-corrected chi connectivity index (χ0v) is 13.6. The number of sulfonamides is 1. The number of nitrogens with one attached hydrogen (secondary N) is 1. The van der Waals surface area contributed by atoms with Crippen LogP contribution in [0, 0.1) is 5.92 Å². The number of rotatable bonds is 7. The van der Waals surface area contributed by atoms with Crippen LogP contribution >= 0.6 is 34.8 Å². The van der Waals surface area contributed by atoms with Gasteiger partial charge in [0.15, 0.2) is 0 Å². The molecule has 1 aromatic carbocycles. The zero-order valence-electron chi connectivity index (χ0n) is 10.5. The second kappa shape index (κ2) is 7.70. The van der Waals surface area contributed by atoms with Gasteiger partial charge in [0, 0.05) is 22.5 Å². The Labute approximate surface area is 129 Å². The van der Waals surface area contributed by atoms with Gasteiger partial charge in [-0.15, -0.1) is 11.6 Å². The lowest BCUT2D eigenvalue weighted by atomic mass is 10.1. The van der Waals surface area contributed by atoms with Gasteiger partial charge in [-0.2, -0.15) is 0 Å². The molecule has 0 amide bonds. The molecular formula is C12H16Cl3NO2S. The molecular weight excluding hydrogens is 329 g/mol. The fraction of sp³-hybridized carbons (Fsp3) is 0.500. The third-order valence-electron chi connectivity index (χ3n) is 2.58. The second-order valence-corrected chi connectivity index (χ2v) is 7.35. The van der Waals surface area contributed by atoms with E-state index in [0.29, 0.717) is 28.4 Å². The quantitative estimate of drug-likeness (QED) is 0.602. The highest BCUT2D eigenvalue weighted by molar-refractivity contribution is 7.89. The van der Waals surface area contributed by atoms with Crippen molar-refractivity contribution < 1.29 is 8.42 Å². The molecule has 0 aliphatic rings. The molecule has 0 spiro atoms. The Bertz CT molecular complexity index is 499. The van der Waals surface area contributed by atoms with Crippen molar-refractivity contribution in [3.63, 3.8) is 0 Å². The first-order valence-corrected chi connectivity index (χ1v) is 8.64. The highest BCUT2D eigenvalue weighted by Crippen LogP contribution is 2.22. The molecule has 0 aromatic heterocycles. The van der Waals surface area contributed by atoms with Crippen molar-refractivity contribution in [1.82, 2.24) is 4.72 Å². The molecule has 0 fully saturated rings. The number of hydrogen-bond acceptors (Lipinski definition) is 2. The lowest BCUT2D eigenvalue weighted by molar-refractivity contribution is 0.543. The minimum absolute atomic E-state index is 0.0791. The summed E-state index contributed by atoms with van der Waals surface area (Å²) in [5.41, 5.74) is 0. The van der Waals surface area contributed by atoms with Gasteiger partial charge < -0.3 is 0 Å². The standard InChI is InChI=1S/C12H16Cl3NO2S/c1-9(8-13)3-2-4-16-19(17,18)12-6-10(14)5-11(15)7-12/h5-7,9,16H,2-4,8H2,1H3. The molecule has 0 radical (unpaired) electrons. The fourth-order valence-corrected chi connectivity index (χ4v) is 3.45. The van der Waals surface area contributed by atoms with Crippen LogP contribution in [0.5, 0.6) is 0 Å². The van der Waals surface area contributed by atoms with E-state index in [1.54, 1.807) is 0 Å². The van der Waals surface area contributed by atoms with Crippen LogP contribution in [0.15, 0.2) is 23.1 Å². The van der Waals surface area contributed by atoms with Crippen LogP contribution in [0.2, 0.25) is 10.0 Å². The van der Waals surface area contributed by atoms with E-state index < -0.39 is 10.0 Å². The van der Waals surface area contributed by atoms with Gasteiger partial charge in [0.05, 0.1) is 4.90 Å². The molecule has 1 unspecified atom stereocenters. The Hall–Kier alpha value is -0.000000000000000111. The van der Waals surface area contributed by atoms with Gasteiger partial charge in [0.25, 0.3) is 0 Å². The van der Waals surface area contributed by atoms with Crippen molar-refractivity contribution in [3.8, 4) is 0 Å². The third-order valence-corrected chi connectivity index (χ3v) is 4.98. The normalized spacial score (nSPS) is 13.5. The summed E-state index contributed by atoms with van der Waals surface area (Å²) in [6.07, 6.45) is 1.61. The molecule has 1 aromatic rings. The first-order valence-electron chi connectivity index (χ1n) is 5.87. The molecule has 0 heterocycles. The Morgan fingerprint density at radius 1 is 1.21 bits per heavy atom.